The Balaban J connectivity index is 1.70. The van der Waals surface area contributed by atoms with E-state index in [0.717, 1.165) is 0 Å². The van der Waals surface area contributed by atoms with Gasteiger partial charge in [-0.3, -0.25) is 0 Å². The van der Waals surface area contributed by atoms with E-state index < -0.39 is 18.7 Å². The molecule has 0 spiro atoms. The number of hydrogen-bond donors (Lipinski definition) is 0. The number of esters is 1. The minimum absolute atomic E-state index is 0.0416. The molecule has 2 aromatic rings. The Morgan fingerprint density at radius 1 is 1.08 bits per heavy atom. The Morgan fingerprint density at radius 3 is 2.52 bits per heavy atom. The maximum atomic E-state index is 12.4. The zero-order valence-electron chi connectivity index (χ0n) is 13.4. The van der Waals surface area contributed by atoms with Gasteiger partial charge in [-0.1, -0.05) is 18.2 Å². The molecule has 2 aromatic carbocycles. The lowest BCUT2D eigenvalue weighted by Gasteiger charge is -2.21. The molecule has 0 N–H and O–H groups in total. The third kappa shape index (κ3) is 3.99. The van der Waals surface area contributed by atoms with Crippen molar-refractivity contribution in [3.8, 4) is 17.2 Å². The highest BCUT2D eigenvalue weighted by Crippen LogP contribution is 2.34. The van der Waals surface area contributed by atoms with Gasteiger partial charge in [0.05, 0.1) is 0 Å². The van der Waals surface area contributed by atoms with E-state index in [2.05, 4.69) is 4.74 Å². The van der Waals surface area contributed by atoms with Crippen LogP contribution in [0, 0.1) is 0 Å². The molecule has 0 radical (unpaired) electrons. The molecule has 0 aliphatic carbocycles. The van der Waals surface area contributed by atoms with Gasteiger partial charge in [-0.2, -0.15) is 8.78 Å². The van der Waals surface area contributed by atoms with Crippen molar-refractivity contribution in [2.75, 3.05) is 13.2 Å². The third-order valence-corrected chi connectivity index (χ3v) is 3.64. The molecule has 25 heavy (non-hydrogen) atoms. The van der Waals surface area contributed by atoms with Crippen molar-refractivity contribution in [1.29, 1.82) is 0 Å². The minimum Gasteiger partial charge on any atom is -0.486 e. The van der Waals surface area contributed by atoms with Gasteiger partial charge in [0.15, 0.2) is 11.5 Å². The van der Waals surface area contributed by atoms with Gasteiger partial charge in [-0.05, 0) is 36.8 Å². The molecule has 1 atom stereocenters. The van der Waals surface area contributed by atoms with E-state index in [4.69, 9.17) is 14.2 Å². The number of alkyl halides is 2. The second kappa shape index (κ2) is 7.38. The summed E-state index contributed by atoms with van der Waals surface area (Å²) in [5.74, 6) is 0.358. The maximum absolute atomic E-state index is 12.4. The largest absolute Gasteiger partial charge is 0.486 e. The van der Waals surface area contributed by atoms with E-state index in [0.29, 0.717) is 30.3 Å². The molecule has 132 valence electrons. The zero-order valence-corrected chi connectivity index (χ0v) is 13.4. The summed E-state index contributed by atoms with van der Waals surface area (Å²) in [5.41, 5.74) is 0.929. The van der Waals surface area contributed by atoms with E-state index in [9.17, 15) is 13.6 Å². The lowest BCUT2D eigenvalue weighted by atomic mass is 10.1. The highest BCUT2D eigenvalue weighted by Gasteiger charge is 2.23. The first-order valence-electron chi connectivity index (χ1n) is 7.69. The van der Waals surface area contributed by atoms with Crippen molar-refractivity contribution in [2.24, 2.45) is 0 Å². The Morgan fingerprint density at radius 2 is 1.80 bits per heavy atom. The van der Waals surface area contributed by atoms with Crippen LogP contribution in [0.25, 0.3) is 0 Å². The van der Waals surface area contributed by atoms with Crippen LogP contribution in [0.5, 0.6) is 17.2 Å². The fraction of sp³-hybridized carbons (Fsp3) is 0.278. The first-order valence-corrected chi connectivity index (χ1v) is 7.69. The van der Waals surface area contributed by atoms with Crippen LogP contribution >= 0.6 is 0 Å². The topological polar surface area (TPSA) is 54.0 Å². The average molecular weight is 350 g/mol. The highest BCUT2D eigenvalue weighted by molar-refractivity contribution is 5.93. The van der Waals surface area contributed by atoms with Crippen LogP contribution in [0.2, 0.25) is 0 Å². The number of ether oxygens (including phenoxy) is 4. The van der Waals surface area contributed by atoms with Crippen LogP contribution in [0.15, 0.2) is 42.5 Å². The van der Waals surface area contributed by atoms with Crippen LogP contribution in [0.3, 0.4) is 0 Å². The summed E-state index contributed by atoms with van der Waals surface area (Å²) in [6.07, 6.45) is -0.575. The van der Waals surface area contributed by atoms with Crippen molar-refractivity contribution in [3.63, 3.8) is 0 Å². The first-order chi connectivity index (χ1) is 12.0. The predicted octanol–water partition coefficient (Wildman–Crippen LogP) is 3.98. The first kappa shape index (κ1) is 17.0. The van der Waals surface area contributed by atoms with Gasteiger partial charge in [0, 0.05) is 0 Å². The van der Waals surface area contributed by atoms with Gasteiger partial charge in [-0.15, -0.1) is 0 Å². The Hall–Kier alpha value is -2.83. The lowest BCUT2D eigenvalue weighted by molar-refractivity contribution is -0.0498. The molecule has 1 aliphatic heterocycles. The monoisotopic (exact) mass is 350 g/mol. The third-order valence-electron chi connectivity index (χ3n) is 3.64. The molecule has 5 nitrogen and oxygen atoms in total. The Kier molecular flexibility index (Phi) is 5.02. The molecule has 7 heteroatoms. The lowest BCUT2D eigenvalue weighted by Crippen LogP contribution is -2.19. The fourth-order valence-electron chi connectivity index (χ4n) is 2.45. The van der Waals surface area contributed by atoms with E-state index in [1.54, 1.807) is 37.3 Å². The summed E-state index contributed by atoms with van der Waals surface area (Å²) >= 11 is 0. The van der Waals surface area contributed by atoms with E-state index in [-0.39, 0.29) is 11.3 Å². The van der Waals surface area contributed by atoms with E-state index >= 15 is 0 Å². The fourth-order valence-corrected chi connectivity index (χ4v) is 2.45. The molecule has 0 aromatic heterocycles. The summed E-state index contributed by atoms with van der Waals surface area (Å²) in [4.78, 5) is 12.4. The number of benzene rings is 2. The summed E-state index contributed by atoms with van der Waals surface area (Å²) in [6.45, 7) is -0.409. The van der Waals surface area contributed by atoms with Gasteiger partial charge in [0.25, 0.3) is 0 Å². The van der Waals surface area contributed by atoms with Gasteiger partial charge < -0.3 is 18.9 Å². The molecule has 1 aliphatic rings. The molecule has 0 bridgehead atoms. The molecule has 0 amide bonds. The molecule has 3 rings (SSSR count). The maximum Gasteiger partial charge on any atom is 0.387 e. The van der Waals surface area contributed by atoms with E-state index in [1.807, 2.05) is 0 Å². The second-order valence-corrected chi connectivity index (χ2v) is 5.32. The molecular formula is C18H16F2O5. The van der Waals surface area contributed by atoms with Gasteiger partial charge in [-0.25, -0.2) is 4.79 Å². The predicted molar refractivity (Wildman–Crippen MR) is 84.3 cm³/mol. The average Bonchev–Trinajstić information content (AvgIpc) is 2.61. The number of carbonyl (C=O) groups excluding carboxylic acids is 1. The normalized spacial score (nSPS) is 14.1. The summed E-state index contributed by atoms with van der Waals surface area (Å²) in [5, 5.41) is 0. The smallest absolute Gasteiger partial charge is 0.387 e. The Labute approximate surface area is 143 Å². The molecular weight excluding hydrogens is 334 g/mol. The van der Waals surface area contributed by atoms with Crippen LogP contribution in [-0.4, -0.2) is 25.8 Å². The van der Waals surface area contributed by atoms with Gasteiger partial charge in [0.2, 0.25) is 0 Å². The summed E-state index contributed by atoms with van der Waals surface area (Å²) in [6, 6.07) is 10.9. The number of carbonyl (C=O) groups is 1. The van der Waals surface area contributed by atoms with Crippen LogP contribution in [0.4, 0.5) is 8.78 Å². The summed E-state index contributed by atoms with van der Waals surface area (Å²) < 4.78 is 45.0. The van der Waals surface area contributed by atoms with Gasteiger partial charge in [0.1, 0.15) is 30.6 Å². The van der Waals surface area contributed by atoms with Crippen LogP contribution in [-0.2, 0) is 4.74 Å². The standard InChI is InChI=1S/C18H16F2O5/c1-11(12-5-7-13(8-6-12)25-18(19)20)24-17(21)14-3-2-4-15-16(14)23-10-9-22-15/h2-8,11,18H,9-10H2,1H3. The minimum atomic E-state index is -2.88. The number of halogens is 2. The highest BCUT2D eigenvalue weighted by atomic mass is 19.3. The van der Waals surface area contributed by atoms with E-state index in [1.165, 1.54) is 12.1 Å². The van der Waals surface area contributed by atoms with Crippen molar-refractivity contribution in [2.45, 2.75) is 19.6 Å². The zero-order chi connectivity index (χ0) is 17.8. The number of hydrogen-bond acceptors (Lipinski definition) is 5. The molecule has 1 unspecified atom stereocenters. The van der Waals surface area contributed by atoms with Gasteiger partial charge >= 0.3 is 12.6 Å². The van der Waals surface area contributed by atoms with Crippen LogP contribution < -0.4 is 14.2 Å². The number of para-hydroxylation sites is 1. The molecule has 0 saturated heterocycles. The van der Waals surface area contributed by atoms with Crippen molar-refractivity contribution in [1.82, 2.24) is 0 Å². The van der Waals surface area contributed by atoms with Crippen molar-refractivity contribution in [3.05, 3.63) is 53.6 Å². The quantitative estimate of drug-likeness (QED) is 0.764. The van der Waals surface area contributed by atoms with Crippen molar-refractivity contribution >= 4 is 5.97 Å². The number of rotatable bonds is 5. The number of fused-ring (bicyclic) bond motifs is 1. The van der Waals surface area contributed by atoms with Crippen LogP contribution in [0.1, 0.15) is 28.9 Å². The molecule has 0 fully saturated rings. The van der Waals surface area contributed by atoms with Crippen molar-refractivity contribution < 1.29 is 32.5 Å². The SMILES string of the molecule is CC(OC(=O)c1cccc2c1OCCO2)c1ccc(OC(F)F)cc1. The second-order valence-electron chi connectivity index (χ2n) is 5.32. The summed E-state index contributed by atoms with van der Waals surface area (Å²) in [7, 11) is 0. The molecule has 1 heterocycles. The molecule has 0 saturated carbocycles. The Bertz CT molecular complexity index is 746.